The molecular weight excluding hydrogens is 303 g/mol. The standard InChI is InChI=1S/C14H18F3NO2S/c1-10-6-7-12(11(2)9-10)21(19,20)18-8-4-3-5-13(18)14(15,16)17/h6-7,9,13H,3-5,8H2,1-2H3. The van der Waals surface area contributed by atoms with Crippen LogP contribution in [0.15, 0.2) is 23.1 Å². The van der Waals surface area contributed by atoms with Crippen molar-refractivity contribution >= 4 is 10.0 Å². The molecule has 0 N–H and O–H groups in total. The fraction of sp³-hybridized carbons (Fsp3) is 0.571. The molecule has 1 aromatic rings. The number of halogens is 3. The number of hydrogen-bond acceptors (Lipinski definition) is 2. The van der Waals surface area contributed by atoms with E-state index in [-0.39, 0.29) is 17.9 Å². The largest absolute Gasteiger partial charge is 0.405 e. The molecule has 3 nitrogen and oxygen atoms in total. The number of rotatable bonds is 2. The lowest BCUT2D eigenvalue weighted by Crippen LogP contribution is -2.51. The quantitative estimate of drug-likeness (QED) is 0.837. The summed E-state index contributed by atoms with van der Waals surface area (Å²) >= 11 is 0. The number of hydrogen-bond donors (Lipinski definition) is 0. The molecule has 1 aliphatic rings. The highest BCUT2D eigenvalue weighted by Crippen LogP contribution is 2.36. The fourth-order valence-corrected chi connectivity index (χ4v) is 4.62. The third-order valence-electron chi connectivity index (χ3n) is 3.75. The van der Waals surface area contributed by atoms with Crippen LogP contribution in [0.2, 0.25) is 0 Å². The minimum absolute atomic E-state index is 0.0377. The van der Waals surface area contributed by atoms with Crippen LogP contribution in [0.3, 0.4) is 0 Å². The maximum absolute atomic E-state index is 13.1. The molecule has 0 spiro atoms. The number of alkyl halides is 3. The summed E-state index contributed by atoms with van der Waals surface area (Å²) in [7, 11) is -4.13. The summed E-state index contributed by atoms with van der Waals surface area (Å²) in [6.45, 7) is 3.33. The topological polar surface area (TPSA) is 37.4 Å². The Morgan fingerprint density at radius 3 is 2.43 bits per heavy atom. The summed E-state index contributed by atoms with van der Waals surface area (Å²) in [5, 5.41) is 0. The van der Waals surface area contributed by atoms with Crippen molar-refractivity contribution in [3.8, 4) is 0 Å². The van der Waals surface area contributed by atoms with Crippen LogP contribution >= 0.6 is 0 Å². The molecule has 21 heavy (non-hydrogen) atoms. The first-order valence-corrected chi connectivity index (χ1v) is 8.24. The van der Waals surface area contributed by atoms with E-state index in [4.69, 9.17) is 0 Å². The van der Waals surface area contributed by atoms with Crippen LogP contribution in [-0.2, 0) is 10.0 Å². The van der Waals surface area contributed by atoms with E-state index in [0.29, 0.717) is 22.7 Å². The average molecular weight is 321 g/mol. The third kappa shape index (κ3) is 3.23. The van der Waals surface area contributed by atoms with Crippen molar-refractivity contribution in [2.24, 2.45) is 0 Å². The average Bonchev–Trinajstić information content (AvgIpc) is 2.37. The Balaban J connectivity index is 2.46. The molecule has 0 bridgehead atoms. The van der Waals surface area contributed by atoms with Gasteiger partial charge in [-0.05, 0) is 38.3 Å². The van der Waals surface area contributed by atoms with Gasteiger partial charge in [0.25, 0.3) is 0 Å². The molecule has 1 aromatic carbocycles. The van der Waals surface area contributed by atoms with Crippen molar-refractivity contribution < 1.29 is 21.6 Å². The maximum Gasteiger partial charge on any atom is 0.405 e. The molecule has 1 saturated heterocycles. The highest BCUT2D eigenvalue weighted by Gasteiger charge is 2.49. The molecule has 1 atom stereocenters. The number of nitrogens with zero attached hydrogens (tertiary/aromatic N) is 1. The Morgan fingerprint density at radius 1 is 1.19 bits per heavy atom. The van der Waals surface area contributed by atoms with E-state index in [1.54, 1.807) is 19.1 Å². The zero-order valence-electron chi connectivity index (χ0n) is 11.9. The van der Waals surface area contributed by atoms with Crippen molar-refractivity contribution in [2.45, 2.75) is 50.2 Å². The first-order valence-electron chi connectivity index (χ1n) is 6.80. The molecule has 1 heterocycles. The monoisotopic (exact) mass is 321 g/mol. The minimum Gasteiger partial charge on any atom is -0.207 e. The molecule has 0 radical (unpaired) electrons. The molecule has 0 amide bonds. The van der Waals surface area contributed by atoms with Gasteiger partial charge in [0.2, 0.25) is 10.0 Å². The molecule has 0 saturated carbocycles. The Labute approximate surface area is 122 Å². The van der Waals surface area contributed by atoms with E-state index in [9.17, 15) is 21.6 Å². The summed E-state index contributed by atoms with van der Waals surface area (Å²) in [5.41, 5.74) is 1.35. The zero-order valence-corrected chi connectivity index (χ0v) is 12.8. The second-order valence-corrected chi connectivity index (χ2v) is 7.30. The molecule has 1 fully saturated rings. The molecule has 0 aromatic heterocycles. The Bertz CT molecular complexity index is 626. The minimum atomic E-state index is -4.54. The van der Waals surface area contributed by atoms with Gasteiger partial charge < -0.3 is 0 Å². The third-order valence-corrected chi connectivity index (χ3v) is 5.82. The van der Waals surface area contributed by atoms with E-state index in [1.807, 2.05) is 6.92 Å². The smallest absolute Gasteiger partial charge is 0.207 e. The highest BCUT2D eigenvalue weighted by molar-refractivity contribution is 7.89. The second-order valence-electron chi connectivity index (χ2n) is 5.44. The van der Waals surface area contributed by atoms with Gasteiger partial charge in [-0.1, -0.05) is 24.1 Å². The maximum atomic E-state index is 13.1. The van der Waals surface area contributed by atoms with Gasteiger partial charge in [0.05, 0.1) is 4.90 Å². The number of piperidine rings is 1. The number of benzene rings is 1. The summed E-state index contributed by atoms with van der Waals surface area (Å²) in [6, 6.07) is 2.74. The van der Waals surface area contributed by atoms with Gasteiger partial charge in [-0.25, -0.2) is 8.42 Å². The fourth-order valence-electron chi connectivity index (χ4n) is 2.73. The molecule has 118 valence electrons. The van der Waals surface area contributed by atoms with Crippen molar-refractivity contribution in [3.63, 3.8) is 0 Å². The molecular formula is C14H18F3NO2S. The Morgan fingerprint density at radius 2 is 1.86 bits per heavy atom. The van der Waals surface area contributed by atoms with E-state index in [1.165, 1.54) is 6.07 Å². The van der Waals surface area contributed by atoms with E-state index >= 15 is 0 Å². The lowest BCUT2D eigenvalue weighted by atomic mass is 10.0. The Kier molecular flexibility index (Phi) is 4.35. The van der Waals surface area contributed by atoms with Crippen LogP contribution in [-0.4, -0.2) is 31.5 Å². The lowest BCUT2D eigenvalue weighted by Gasteiger charge is -2.35. The predicted octanol–water partition coefficient (Wildman–Crippen LogP) is 3.41. The predicted molar refractivity (Wildman–Crippen MR) is 73.5 cm³/mol. The van der Waals surface area contributed by atoms with Crippen LogP contribution in [0.25, 0.3) is 0 Å². The van der Waals surface area contributed by atoms with Gasteiger partial charge in [0.15, 0.2) is 0 Å². The summed E-state index contributed by atoms with van der Waals surface area (Å²) in [4.78, 5) is -0.0377. The Hall–Kier alpha value is -1.08. The molecule has 1 unspecified atom stereocenters. The molecule has 1 aliphatic heterocycles. The first-order chi connectivity index (χ1) is 9.64. The molecule has 2 rings (SSSR count). The van der Waals surface area contributed by atoms with Gasteiger partial charge in [-0.3, -0.25) is 0 Å². The van der Waals surface area contributed by atoms with Crippen molar-refractivity contribution in [1.82, 2.24) is 4.31 Å². The van der Waals surface area contributed by atoms with E-state index in [0.717, 1.165) is 5.56 Å². The van der Waals surface area contributed by atoms with Gasteiger partial charge in [0, 0.05) is 6.54 Å². The van der Waals surface area contributed by atoms with Crippen LogP contribution < -0.4 is 0 Å². The molecule has 7 heteroatoms. The number of sulfonamides is 1. The zero-order chi connectivity index (χ0) is 15.8. The van der Waals surface area contributed by atoms with Crippen LogP contribution in [0.1, 0.15) is 30.4 Å². The van der Waals surface area contributed by atoms with E-state index in [2.05, 4.69) is 0 Å². The first kappa shape index (κ1) is 16.3. The highest BCUT2D eigenvalue weighted by atomic mass is 32.2. The summed E-state index contributed by atoms with van der Waals surface area (Å²) in [6.07, 6.45) is -3.86. The van der Waals surface area contributed by atoms with Gasteiger partial charge >= 0.3 is 6.18 Å². The van der Waals surface area contributed by atoms with Crippen LogP contribution in [0.4, 0.5) is 13.2 Å². The SMILES string of the molecule is Cc1ccc(S(=O)(=O)N2CCCCC2C(F)(F)F)c(C)c1. The van der Waals surface area contributed by atoms with Gasteiger partial charge in [-0.2, -0.15) is 17.5 Å². The van der Waals surface area contributed by atoms with Crippen LogP contribution in [0.5, 0.6) is 0 Å². The summed E-state index contributed by atoms with van der Waals surface area (Å²) < 4.78 is 65.1. The van der Waals surface area contributed by atoms with E-state index < -0.39 is 22.2 Å². The second kappa shape index (κ2) is 5.61. The van der Waals surface area contributed by atoms with Gasteiger partial charge in [-0.15, -0.1) is 0 Å². The van der Waals surface area contributed by atoms with Gasteiger partial charge in [0.1, 0.15) is 6.04 Å². The van der Waals surface area contributed by atoms with Crippen molar-refractivity contribution in [3.05, 3.63) is 29.3 Å². The normalized spacial score (nSPS) is 21.5. The summed E-state index contributed by atoms with van der Waals surface area (Å²) in [5.74, 6) is 0. The lowest BCUT2D eigenvalue weighted by molar-refractivity contribution is -0.177. The molecule has 0 aliphatic carbocycles. The van der Waals surface area contributed by atoms with Crippen molar-refractivity contribution in [1.29, 1.82) is 0 Å². The van der Waals surface area contributed by atoms with Crippen molar-refractivity contribution in [2.75, 3.05) is 6.54 Å². The van der Waals surface area contributed by atoms with Crippen LogP contribution in [0, 0.1) is 13.8 Å². The number of aryl methyl sites for hydroxylation is 2.